The van der Waals surface area contributed by atoms with Crippen LogP contribution in [-0.2, 0) is 17.6 Å². The molecular formula is C23H31IN4O2. The first-order valence-corrected chi connectivity index (χ1v) is 10.6. The molecule has 0 saturated carbocycles. The van der Waals surface area contributed by atoms with E-state index in [2.05, 4.69) is 45.9 Å². The fraction of sp³-hybridized carbons (Fsp3) is 0.435. The number of aliphatic imine (C=N–C) groups is 1. The van der Waals surface area contributed by atoms with Gasteiger partial charge in [0.05, 0.1) is 18.9 Å². The zero-order valence-corrected chi connectivity index (χ0v) is 19.6. The SMILES string of the molecule is I.c1coc(CCNC(=NCC2CCCCO2)NCCc2cc3ccccc3[nH]2)c1. The summed E-state index contributed by atoms with van der Waals surface area (Å²) in [4.78, 5) is 8.25. The van der Waals surface area contributed by atoms with Gasteiger partial charge < -0.3 is 24.8 Å². The highest BCUT2D eigenvalue weighted by Gasteiger charge is 2.13. The predicted octanol–water partition coefficient (Wildman–Crippen LogP) is 4.27. The van der Waals surface area contributed by atoms with Crippen LogP contribution >= 0.6 is 24.0 Å². The molecule has 0 aliphatic carbocycles. The van der Waals surface area contributed by atoms with Crippen molar-refractivity contribution in [1.82, 2.24) is 15.6 Å². The van der Waals surface area contributed by atoms with Gasteiger partial charge in [0.15, 0.2) is 5.96 Å². The Balaban J connectivity index is 0.00000256. The van der Waals surface area contributed by atoms with Crippen LogP contribution in [0.1, 0.15) is 30.7 Å². The van der Waals surface area contributed by atoms with Crippen LogP contribution in [0.4, 0.5) is 0 Å². The summed E-state index contributed by atoms with van der Waals surface area (Å²) in [5, 5.41) is 8.14. The number of halogens is 1. The Bertz CT molecular complexity index is 868. The number of rotatable bonds is 8. The summed E-state index contributed by atoms with van der Waals surface area (Å²) >= 11 is 0. The maximum atomic E-state index is 5.82. The molecule has 30 heavy (non-hydrogen) atoms. The van der Waals surface area contributed by atoms with Crippen molar-refractivity contribution in [2.24, 2.45) is 4.99 Å². The number of aromatic nitrogens is 1. The minimum absolute atomic E-state index is 0. The van der Waals surface area contributed by atoms with Crippen molar-refractivity contribution in [2.75, 3.05) is 26.2 Å². The van der Waals surface area contributed by atoms with Gasteiger partial charge in [-0.3, -0.25) is 4.99 Å². The van der Waals surface area contributed by atoms with E-state index in [0.717, 1.165) is 57.1 Å². The Morgan fingerprint density at radius 1 is 1.07 bits per heavy atom. The first-order valence-electron chi connectivity index (χ1n) is 10.6. The van der Waals surface area contributed by atoms with Crippen molar-refractivity contribution < 1.29 is 9.15 Å². The second-order valence-electron chi connectivity index (χ2n) is 7.49. The van der Waals surface area contributed by atoms with Crippen LogP contribution in [0.25, 0.3) is 10.9 Å². The molecule has 0 amide bonds. The van der Waals surface area contributed by atoms with E-state index in [1.807, 2.05) is 12.1 Å². The third-order valence-corrected chi connectivity index (χ3v) is 5.24. The molecule has 0 bridgehead atoms. The van der Waals surface area contributed by atoms with Crippen molar-refractivity contribution in [2.45, 2.75) is 38.2 Å². The molecule has 1 atom stereocenters. The van der Waals surface area contributed by atoms with Crippen LogP contribution in [0.3, 0.4) is 0 Å². The molecule has 4 rings (SSSR count). The molecule has 3 aromatic rings. The van der Waals surface area contributed by atoms with E-state index in [1.165, 1.54) is 23.0 Å². The number of guanidine groups is 1. The Morgan fingerprint density at radius 2 is 1.93 bits per heavy atom. The van der Waals surface area contributed by atoms with Crippen molar-refractivity contribution in [3.63, 3.8) is 0 Å². The van der Waals surface area contributed by atoms with E-state index in [9.17, 15) is 0 Å². The fourth-order valence-electron chi connectivity index (χ4n) is 3.66. The zero-order valence-electron chi connectivity index (χ0n) is 17.2. The van der Waals surface area contributed by atoms with E-state index >= 15 is 0 Å². The van der Waals surface area contributed by atoms with E-state index < -0.39 is 0 Å². The van der Waals surface area contributed by atoms with Crippen LogP contribution in [-0.4, -0.2) is 43.3 Å². The molecule has 1 fully saturated rings. The zero-order chi connectivity index (χ0) is 19.7. The molecule has 3 heterocycles. The van der Waals surface area contributed by atoms with Gasteiger partial charge in [0.25, 0.3) is 0 Å². The second-order valence-corrected chi connectivity index (χ2v) is 7.49. The van der Waals surface area contributed by atoms with Gasteiger partial charge >= 0.3 is 0 Å². The second kappa shape index (κ2) is 12.0. The number of hydrogen-bond donors (Lipinski definition) is 3. The number of H-pyrrole nitrogens is 1. The molecule has 3 N–H and O–H groups in total. The highest BCUT2D eigenvalue weighted by atomic mass is 127. The van der Waals surface area contributed by atoms with E-state index in [1.54, 1.807) is 6.26 Å². The third-order valence-electron chi connectivity index (χ3n) is 5.24. The van der Waals surface area contributed by atoms with Crippen molar-refractivity contribution >= 4 is 40.8 Å². The summed E-state index contributed by atoms with van der Waals surface area (Å²) in [5.74, 6) is 1.81. The normalized spacial score (nSPS) is 16.9. The summed E-state index contributed by atoms with van der Waals surface area (Å²) in [6.07, 6.45) is 7.18. The van der Waals surface area contributed by atoms with Crippen molar-refractivity contribution in [3.8, 4) is 0 Å². The van der Waals surface area contributed by atoms with Gasteiger partial charge in [-0.05, 0) is 48.9 Å². The molecule has 2 aromatic heterocycles. The number of fused-ring (bicyclic) bond motifs is 1. The van der Waals surface area contributed by atoms with Gasteiger partial charge in [-0.25, -0.2) is 0 Å². The standard InChI is InChI=1S/C23H30N4O2.HI/c1-2-9-22-18(6-1)16-19(27-22)10-12-24-23(25-13-11-20-8-5-15-28-20)26-17-21-7-3-4-14-29-21;/h1-2,5-6,8-9,15-16,21,27H,3-4,7,10-14,17H2,(H2,24,25,26);1H. The number of nitrogens with zero attached hydrogens (tertiary/aromatic N) is 1. The molecule has 1 unspecified atom stereocenters. The Kier molecular flexibility index (Phi) is 9.07. The van der Waals surface area contributed by atoms with Crippen molar-refractivity contribution in [1.29, 1.82) is 0 Å². The quantitative estimate of drug-likeness (QED) is 0.235. The summed E-state index contributed by atoms with van der Waals surface area (Å²) in [5.41, 5.74) is 2.41. The maximum absolute atomic E-state index is 5.82. The van der Waals surface area contributed by atoms with Gasteiger partial charge in [-0.2, -0.15) is 0 Å². The lowest BCUT2D eigenvalue weighted by Crippen LogP contribution is -2.40. The van der Waals surface area contributed by atoms with Gasteiger partial charge in [0.1, 0.15) is 5.76 Å². The van der Waals surface area contributed by atoms with Crippen LogP contribution in [0.2, 0.25) is 0 Å². The lowest BCUT2D eigenvalue weighted by Gasteiger charge is -2.21. The third kappa shape index (κ3) is 6.77. The van der Waals surface area contributed by atoms with E-state index in [0.29, 0.717) is 6.54 Å². The number of nitrogens with one attached hydrogen (secondary N) is 3. The Hall–Kier alpha value is -2.00. The van der Waals surface area contributed by atoms with Crippen LogP contribution in [0.15, 0.2) is 58.1 Å². The first kappa shape index (κ1) is 22.7. The monoisotopic (exact) mass is 522 g/mol. The lowest BCUT2D eigenvalue weighted by atomic mass is 10.1. The average Bonchev–Trinajstić information content (AvgIpc) is 3.41. The molecule has 0 spiro atoms. The van der Waals surface area contributed by atoms with Gasteiger partial charge in [0.2, 0.25) is 0 Å². The molecule has 162 valence electrons. The maximum Gasteiger partial charge on any atom is 0.191 e. The van der Waals surface area contributed by atoms with E-state index in [4.69, 9.17) is 14.1 Å². The minimum atomic E-state index is 0. The summed E-state index contributed by atoms with van der Waals surface area (Å²) in [7, 11) is 0. The van der Waals surface area contributed by atoms with Gasteiger partial charge in [-0.15, -0.1) is 24.0 Å². The summed E-state index contributed by atoms with van der Waals surface area (Å²) < 4.78 is 11.2. The lowest BCUT2D eigenvalue weighted by molar-refractivity contribution is 0.0224. The molecule has 1 aromatic carbocycles. The molecular weight excluding hydrogens is 491 g/mol. The fourth-order valence-corrected chi connectivity index (χ4v) is 3.66. The molecule has 1 saturated heterocycles. The minimum Gasteiger partial charge on any atom is -0.469 e. The summed E-state index contributed by atoms with van der Waals surface area (Å²) in [6.45, 7) is 3.14. The van der Waals surface area contributed by atoms with Gasteiger partial charge in [0, 0.05) is 43.7 Å². The van der Waals surface area contributed by atoms with Crippen LogP contribution < -0.4 is 10.6 Å². The largest absolute Gasteiger partial charge is 0.469 e. The van der Waals surface area contributed by atoms with Crippen LogP contribution in [0.5, 0.6) is 0 Å². The number of furan rings is 1. The van der Waals surface area contributed by atoms with Gasteiger partial charge in [-0.1, -0.05) is 18.2 Å². The average molecular weight is 522 g/mol. The smallest absolute Gasteiger partial charge is 0.191 e. The Morgan fingerprint density at radius 3 is 2.70 bits per heavy atom. The molecule has 7 heteroatoms. The summed E-state index contributed by atoms with van der Waals surface area (Å²) in [6, 6.07) is 14.5. The molecule has 1 aliphatic rings. The predicted molar refractivity (Wildman–Crippen MR) is 132 cm³/mol. The number of benzene rings is 1. The number of para-hydroxylation sites is 1. The molecule has 0 radical (unpaired) electrons. The van der Waals surface area contributed by atoms with E-state index in [-0.39, 0.29) is 30.1 Å². The number of ether oxygens (including phenoxy) is 1. The highest BCUT2D eigenvalue weighted by molar-refractivity contribution is 14.0. The highest BCUT2D eigenvalue weighted by Crippen LogP contribution is 2.15. The van der Waals surface area contributed by atoms with Crippen LogP contribution in [0, 0.1) is 0 Å². The molecule has 1 aliphatic heterocycles. The number of hydrogen-bond acceptors (Lipinski definition) is 3. The topological polar surface area (TPSA) is 74.6 Å². The molecule has 6 nitrogen and oxygen atoms in total. The van der Waals surface area contributed by atoms with Crippen molar-refractivity contribution in [3.05, 3.63) is 60.2 Å². The first-order chi connectivity index (χ1) is 14.4. The Labute approximate surface area is 194 Å². The number of aromatic amines is 1.